The number of rotatable bonds is 7. The van der Waals surface area contributed by atoms with Crippen LogP contribution in [0, 0.1) is 16.0 Å². The van der Waals surface area contributed by atoms with Crippen LogP contribution in [0.2, 0.25) is 0 Å². The predicted octanol–water partition coefficient (Wildman–Crippen LogP) is 1.82. The summed E-state index contributed by atoms with van der Waals surface area (Å²) in [5.74, 6) is 0.447. The van der Waals surface area contributed by atoms with Crippen LogP contribution in [0.3, 0.4) is 0 Å². The number of aliphatic hydroxyl groups is 1. The lowest BCUT2D eigenvalue weighted by atomic mass is 9.99. The van der Waals surface area contributed by atoms with Gasteiger partial charge in [0.15, 0.2) is 0 Å². The number of hydrogen-bond acceptors (Lipinski definition) is 5. The van der Waals surface area contributed by atoms with Crippen molar-refractivity contribution < 1.29 is 14.8 Å². The summed E-state index contributed by atoms with van der Waals surface area (Å²) in [5, 5.41) is 23.3. The molecule has 1 amide bonds. The first-order chi connectivity index (χ1) is 11.9. The first-order valence-corrected chi connectivity index (χ1v) is 8.55. The minimum absolute atomic E-state index is 0.0110. The molecule has 0 aliphatic carbocycles. The Balaban J connectivity index is 1.71. The Bertz CT molecular complexity index is 607. The molecular formula is C18H25N3O4. The van der Waals surface area contributed by atoms with E-state index >= 15 is 0 Å². The van der Waals surface area contributed by atoms with Gasteiger partial charge in [-0.25, -0.2) is 0 Å². The zero-order chi connectivity index (χ0) is 18.2. The number of nitrogens with zero attached hydrogens (tertiary/aromatic N) is 2. The Kier molecular flexibility index (Phi) is 7.09. The van der Waals surface area contributed by atoms with Gasteiger partial charge in [0.2, 0.25) is 5.91 Å². The van der Waals surface area contributed by atoms with Crippen LogP contribution >= 0.6 is 0 Å². The monoisotopic (exact) mass is 347 g/mol. The topological polar surface area (TPSA) is 95.7 Å². The van der Waals surface area contributed by atoms with Gasteiger partial charge in [-0.05, 0) is 55.6 Å². The molecule has 1 unspecified atom stereocenters. The summed E-state index contributed by atoms with van der Waals surface area (Å²) in [6.07, 6.45) is 4.65. The number of carbonyl (C=O) groups excluding carboxylic acids is 1. The van der Waals surface area contributed by atoms with Crippen LogP contribution < -0.4 is 5.32 Å². The second kappa shape index (κ2) is 9.29. The minimum Gasteiger partial charge on any atom is -0.390 e. The van der Waals surface area contributed by atoms with Gasteiger partial charge in [0, 0.05) is 31.3 Å². The minimum atomic E-state index is -0.592. The lowest BCUT2D eigenvalue weighted by Crippen LogP contribution is -2.42. The Morgan fingerprint density at radius 3 is 2.64 bits per heavy atom. The molecule has 1 fully saturated rings. The Morgan fingerprint density at radius 1 is 1.40 bits per heavy atom. The largest absolute Gasteiger partial charge is 0.390 e. The number of nitrogens with one attached hydrogen (secondary N) is 1. The Labute approximate surface area is 147 Å². The summed E-state index contributed by atoms with van der Waals surface area (Å²) in [7, 11) is 0. The van der Waals surface area contributed by atoms with E-state index in [1.807, 2.05) is 0 Å². The van der Waals surface area contributed by atoms with Gasteiger partial charge < -0.3 is 15.3 Å². The third-order valence-electron chi connectivity index (χ3n) is 4.39. The maximum atomic E-state index is 11.8. The second-order valence-electron chi connectivity index (χ2n) is 6.56. The third kappa shape index (κ3) is 6.64. The van der Waals surface area contributed by atoms with E-state index < -0.39 is 11.0 Å². The van der Waals surface area contributed by atoms with Crippen molar-refractivity contribution in [3.8, 4) is 0 Å². The number of aliphatic hydroxyl groups excluding tert-OH is 1. The zero-order valence-electron chi connectivity index (χ0n) is 14.4. The molecule has 0 aromatic heterocycles. The molecule has 1 heterocycles. The fraction of sp³-hybridized carbons (Fsp3) is 0.500. The van der Waals surface area contributed by atoms with Crippen molar-refractivity contribution in [2.45, 2.75) is 25.9 Å². The van der Waals surface area contributed by atoms with Gasteiger partial charge in [-0.3, -0.25) is 14.9 Å². The fourth-order valence-electron chi connectivity index (χ4n) is 2.76. The summed E-state index contributed by atoms with van der Waals surface area (Å²) in [6.45, 7) is 5.00. The van der Waals surface area contributed by atoms with E-state index in [-0.39, 0.29) is 18.1 Å². The number of piperidine rings is 1. The van der Waals surface area contributed by atoms with Gasteiger partial charge in [0.1, 0.15) is 0 Å². The summed E-state index contributed by atoms with van der Waals surface area (Å²) in [4.78, 5) is 24.1. The van der Waals surface area contributed by atoms with Crippen molar-refractivity contribution in [2.24, 2.45) is 5.92 Å². The number of nitro groups is 1. The number of β-amino-alcohol motifs (C(OH)–C–C–N with tert-alkyl or cyclic N) is 1. The first kappa shape index (κ1) is 19.1. The van der Waals surface area contributed by atoms with Crippen molar-refractivity contribution in [3.05, 3.63) is 46.0 Å². The second-order valence-corrected chi connectivity index (χ2v) is 6.56. The van der Waals surface area contributed by atoms with E-state index in [1.165, 1.54) is 18.2 Å². The quantitative estimate of drug-likeness (QED) is 0.446. The average Bonchev–Trinajstić information content (AvgIpc) is 2.60. The van der Waals surface area contributed by atoms with Crippen LogP contribution in [0.1, 0.15) is 25.3 Å². The molecule has 0 bridgehead atoms. The molecule has 1 aliphatic rings. The summed E-state index contributed by atoms with van der Waals surface area (Å²) < 4.78 is 0. The molecule has 1 aromatic carbocycles. The van der Waals surface area contributed by atoms with Crippen LogP contribution in [-0.4, -0.2) is 53.1 Å². The van der Waals surface area contributed by atoms with Gasteiger partial charge in [-0.2, -0.15) is 0 Å². The van der Waals surface area contributed by atoms with Gasteiger partial charge in [-0.1, -0.05) is 6.92 Å². The molecule has 1 aliphatic heterocycles. The van der Waals surface area contributed by atoms with Crippen molar-refractivity contribution in [1.29, 1.82) is 0 Å². The zero-order valence-corrected chi connectivity index (χ0v) is 14.4. The van der Waals surface area contributed by atoms with E-state index in [0.29, 0.717) is 12.1 Å². The highest BCUT2D eigenvalue weighted by Gasteiger charge is 2.18. The highest BCUT2D eigenvalue weighted by Crippen LogP contribution is 2.16. The lowest BCUT2D eigenvalue weighted by Gasteiger charge is -2.31. The molecule has 7 nitrogen and oxygen atoms in total. The number of nitro benzene ring substituents is 1. The summed E-state index contributed by atoms with van der Waals surface area (Å²) in [6, 6.07) is 5.93. The molecular weight excluding hydrogens is 322 g/mol. The third-order valence-corrected chi connectivity index (χ3v) is 4.39. The highest BCUT2D eigenvalue weighted by molar-refractivity contribution is 5.91. The summed E-state index contributed by atoms with van der Waals surface area (Å²) in [5.41, 5.74) is 0.709. The standard InChI is InChI=1S/C18H25N3O4/c1-14-8-10-20(11-9-14)13-17(22)12-19-18(23)7-4-15-2-5-16(6-3-15)21(24)25/h2-7,14,17,22H,8-13H2,1H3,(H,19,23)/b7-4+. The van der Waals surface area contributed by atoms with Gasteiger partial charge in [0.25, 0.3) is 5.69 Å². The number of carbonyl (C=O) groups is 1. The highest BCUT2D eigenvalue weighted by atomic mass is 16.6. The summed E-state index contributed by atoms with van der Waals surface area (Å²) >= 11 is 0. The van der Waals surface area contributed by atoms with Crippen LogP contribution in [0.5, 0.6) is 0 Å². The smallest absolute Gasteiger partial charge is 0.269 e. The van der Waals surface area contributed by atoms with E-state index in [4.69, 9.17) is 0 Å². The fourth-order valence-corrected chi connectivity index (χ4v) is 2.76. The van der Waals surface area contributed by atoms with E-state index in [2.05, 4.69) is 17.1 Å². The molecule has 25 heavy (non-hydrogen) atoms. The average molecular weight is 347 g/mol. The molecule has 0 saturated carbocycles. The van der Waals surface area contributed by atoms with Crippen LogP contribution in [0.4, 0.5) is 5.69 Å². The Hall–Kier alpha value is -2.25. The SMILES string of the molecule is CC1CCN(CC(O)CNC(=O)/C=C/c2ccc([N+](=O)[O-])cc2)CC1. The maximum Gasteiger partial charge on any atom is 0.269 e. The van der Waals surface area contributed by atoms with Gasteiger partial charge in [-0.15, -0.1) is 0 Å². The van der Waals surface area contributed by atoms with E-state index in [9.17, 15) is 20.0 Å². The van der Waals surface area contributed by atoms with Gasteiger partial charge >= 0.3 is 0 Å². The van der Waals surface area contributed by atoms with Crippen LogP contribution in [0.25, 0.3) is 6.08 Å². The number of benzene rings is 1. The maximum absolute atomic E-state index is 11.8. The van der Waals surface area contributed by atoms with Crippen LogP contribution in [0.15, 0.2) is 30.3 Å². The van der Waals surface area contributed by atoms with Crippen molar-refractivity contribution >= 4 is 17.7 Å². The first-order valence-electron chi connectivity index (χ1n) is 8.55. The molecule has 2 rings (SSSR count). The molecule has 0 spiro atoms. The molecule has 136 valence electrons. The molecule has 1 aromatic rings. The van der Waals surface area contributed by atoms with Crippen molar-refractivity contribution in [2.75, 3.05) is 26.2 Å². The number of hydrogen-bond donors (Lipinski definition) is 2. The number of likely N-dealkylation sites (tertiary alicyclic amines) is 1. The van der Waals surface area contributed by atoms with Crippen molar-refractivity contribution in [1.82, 2.24) is 10.2 Å². The number of amides is 1. The molecule has 2 N–H and O–H groups in total. The predicted molar refractivity (Wildman–Crippen MR) is 96.0 cm³/mol. The molecule has 7 heteroatoms. The van der Waals surface area contributed by atoms with E-state index in [0.717, 1.165) is 31.8 Å². The Morgan fingerprint density at radius 2 is 2.04 bits per heavy atom. The molecule has 1 atom stereocenters. The molecule has 1 saturated heterocycles. The van der Waals surface area contributed by atoms with Gasteiger partial charge in [0.05, 0.1) is 11.0 Å². The lowest BCUT2D eigenvalue weighted by molar-refractivity contribution is -0.384. The van der Waals surface area contributed by atoms with E-state index in [1.54, 1.807) is 18.2 Å². The normalized spacial score (nSPS) is 17.5. The number of non-ortho nitro benzene ring substituents is 1. The van der Waals surface area contributed by atoms with Crippen LogP contribution in [-0.2, 0) is 4.79 Å². The molecule has 0 radical (unpaired) electrons. The van der Waals surface area contributed by atoms with Crippen molar-refractivity contribution in [3.63, 3.8) is 0 Å².